The first-order valence-corrected chi connectivity index (χ1v) is 4.39. The summed E-state index contributed by atoms with van der Waals surface area (Å²) in [7, 11) is 0. The van der Waals surface area contributed by atoms with Gasteiger partial charge in [0.15, 0.2) is 0 Å². The first-order chi connectivity index (χ1) is 6.17. The Hall–Kier alpha value is -1.37. The maximum absolute atomic E-state index is 11.3. The van der Waals surface area contributed by atoms with E-state index in [2.05, 4.69) is 5.32 Å². The number of nitrogens with one attached hydrogen (secondary N) is 1. The highest BCUT2D eigenvalue weighted by molar-refractivity contribution is 5.96. The van der Waals surface area contributed by atoms with Crippen molar-refractivity contribution in [1.82, 2.24) is 5.32 Å². The Morgan fingerprint density at radius 3 is 2.77 bits per heavy atom. The van der Waals surface area contributed by atoms with Gasteiger partial charge in [-0.15, -0.1) is 0 Å². The van der Waals surface area contributed by atoms with Gasteiger partial charge >= 0.3 is 0 Å². The molecule has 0 bridgehead atoms. The third-order valence-corrected chi connectivity index (χ3v) is 2.20. The lowest BCUT2D eigenvalue weighted by Gasteiger charge is -2.23. The SMILES string of the molecule is CC[C@@H](C#N)NC(=O)C1CC(=O)C1. The molecule has 1 N–H and O–H groups in total. The van der Waals surface area contributed by atoms with Crippen LogP contribution in [0.15, 0.2) is 0 Å². The number of amides is 1. The van der Waals surface area contributed by atoms with E-state index >= 15 is 0 Å². The average Bonchev–Trinajstić information content (AvgIpc) is 2.08. The molecule has 13 heavy (non-hydrogen) atoms. The predicted octanol–water partition coefficient (Wildman–Crippen LogP) is 0.384. The van der Waals surface area contributed by atoms with Gasteiger partial charge in [-0.2, -0.15) is 5.26 Å². The smallest absolute Gasteiger partial charge is 0.225 e. The topological polar surface area (TPSA) is 70.0 Å². The molecule has 0 aromatic rings. The highest BCUT2D eigenvalue weighted by Gasteiger charge is 2.33. The summed E-state index contributed by atoms with van der Waals surface area (Å²) in [6.07, 6.45) is 1.28. The highest BCUT2D eigenvalue weighted by Crippen LogP contribution is 2.22. The van der Waals surface area contributed by atoms with Crippen LogP contribution in [0.4, 0.5) is 0 Å². The summed E-state index contributed by atoms with van der Waals surface area (Å²) in [4.78, 5) is 21.9. The van der Waals surface area contributed by atoms with Crippen molar-refractivity contribution in [2.45, 2.75) is 32.2 Å². The molecule has 0 aliphatic heterocycles. The van der Waals surface area contributed by atoms with Crippen molar-refractivity contribution in [2.24, 2.45) is 5.92 Å². The molecule has 0 spiro atoms. The van der Waals surface area contributed by atoms with Crippen LogP contribution < -0.4 is 5.32 Å². The van der Waals surface area contributed by atoms with Gasteiger partial charge in [0.1, 0.15) is 11.8 Å². The van der Waals surface area contributed by atoms with Crippen LogP contribution in [0.25, 0.3) is 0 Å². The Balaban J connectivity index is 2.33. The number of carbonyl (C=O) groups excluding carboxylic acids is 2. The van der Waals surface area contributed by atoms with E-state index < -0.39 is 6.04 Å². The third kappa shape index (κ3) is 2.28. The van der Waals surface area contributed by atoms with E-state index in [-0.39, 0.29) is 17.6 Å². The predicted molar refractivity (Wildman–Crippen MR) is 45.6 cm³/mol. The maximum atomic E-state index is 11.3. The lowest BCUT2D eigenvalue weighted by atomic mass is 9.83. The van der Waals surface area contributed by atoms with Crippen molar-refractivity contribution in [3.8, 4) is 6.07 Å². The standard InChI is InChI=1S/C9H12N2O2/c1-2-7(5-10)11-9(13)6-3-8(12)4-6/h6-7H,2-4H2,1H3,(H,11,13)/t7-/m0/s1. The molecule has 4 nitrogen and oxygen atoms in total. The van der Waals surface area contributed by atoms with E-state index in [9.17, 15) is 9.59 Å². The molecular weight excluding hydrogens is 168 g/mol. The molecule has 0 aromatic heterocycles. The number of Topliss-reactive ketones (excluding diaryl/α,β-unsaturated/α-hetero) is 1. The second kappa shape index (κ2) is 4.04. The van der Waals surface area contributed by atoms with Gasteiger partial charge in [0.25, 0.3) is 0 Å². The molecule has 0 aromatic carbocycles. The molecule has 4 heteroatoms. The van der Waals surface area contributed by atoms with Gasteiger partial charge in [-0.05, 0) is 6.42 Å². The Morgan fingerprint density at radius 2 is 2.38 bits per heavy atom. The second-order valence-corrected chi connectivity index (χ2v) is 3.24. The van der Waals surface area contributed by atoms with Crippen LogP contribution in [-0.4, -0.2) is 17.7 Å². The van der Waals surface area contributed by atoms with Crippen LogP contribution in [-0.2, 0) is 9.59 Å². The fourth-order valence-electron chi connectivity index (χ4n) is 1.19. The fraction of sp³-hybridized carbons (Fsp3) is 0.667. The van der Waals surface area contributed by atoms with E-state index in [0.29, 0.717) is 19.3 Å². The minimum atomic E-state index is -0.414. The fourth-order valence-corrected chi connectivity index (χ4v) is 1.19. The highest BCUT2D eigenvalue weighted by atomic mass is 16.2. The van der Waals surface area contributed by atoms with Crippen molar-refractivity contribution in [3.63, 3.8) is 0 Å². The molecular formula is C9H12N2O2. The molecule has 70 valence electrons. The van der Waals surface area contributed by atoms with Crippen molar-refractivity contribution in [1.29, 1.82) is 5.26 Å². The Labute approximate surface area is 76.9 Å². The Bertz CT molecular complexity index is 259. The Kier molecular flexibility index (Phi) is 3.02. The number of nitrogens with zero attached hydrogens (tertiary/aromatic N) is 1. The molecule has 1 rings (SSSR count). The van der Waals surface area contributed by atoms with Crippen molar-refractivity contribution >= 4 is 11.7 Å². The van der Waals surface area contributed by atoms with Gasteiger partial charge in [-0.1, -0.05) is 6.92 Å². The lowest BCUT2D eigenvalue weighted by Crippen LogP contribution is -2.43. The zero-order valence-electron chi connectivity index (χ0n) is 7.54. The van der Waals surface area contributed by atoms with Crippen LogP contribution in [0.1, 0.15) is 26.2 Å². The molecule has 0 saturated heterocycles. The molecule has 1 aliphatic carbocycles. The quantitative estimate of drug-likeness (QED) is 0.682. The van der Waals surface area contributed by atoms with Crippen molar-refractivity contribution in [2.75, 3.05) is 0 Å². The number of hydrogen-bond acceptors (Lipinski definition) is 3. The number of nitriles is 1. The van der Waals surface area contributed by atoms with Gasteiger partial charge in [-0.25, -0.2) is 0 Å². The summed E-state index contributed by atoms with van der Waals surface area (Å²) in [5.74, 6) is -0.215. The summed E-state index contributed by atoms with van der Waals surface area (Å²) in [5.41, 5.74) is 0. The van der Waals surface area contributed by atoms with Crippen LogP contribution in [0.3, 0.4) is 0 Å². The molecule has 1 amide bonds. The summed E-state index contributed by atoms with van der Waals surface area (Å²) < 4.78 is 0. The van der Waals surface area contributed by atoms with Crippen LogP contribution in [0.5, 0.6) is 0 Å². The molecule has 0 radical (unpaired) electrons. The van der Waals surface area contributed by atoms with E-state index in [1.54, 1.807) is 0 Å². The monoisotopic (exact) mass is 180 g/mol. The summed E-state index contributed by atoms with van der Waals surface area (Å²) in [6, 6.07) is 1.57. The van der Waals surface area contributed by atoms with E-state index in [1.807, 2.05) is 13.0 Å². The van der Waals surface area contributed by atoms with Crippen LogP contribution in [0.2, 0.25) is 0 Å². The zero-order valence-corrected chi connectivity index (χ0v) is 7.54. The first kappa shape index (κ1) is 9.72. The van der Waals surface area contributed by atoms with E-state index in [4.69, 9.17) is 5.26 Å². The average molecular weight is 180 g/mol. The van der Waals surface area contributed by atoms with Gasteiger partial charge in [0.05, 0.1) is 12.0 Å². The molecule has 1 fully saturated rings. The molecule has 1 aliphatic rings. The summed E-state index contributed by atoms with van der Waals surface area (Å²) in [5, 5.41) is 11.2. The lowest BCUT2D eigenvalue weighted by molar-refractivity contribution is -0.138. The molecule has 0 heterocycles. The number of carbonyl (C=O) groups is 2. The third-order valence-electron chi connectivity index (χ3n) is 2.20. The van der Waals surface area contributed by atoms with Crippen LogP contribution in [0, 0.1) is 17.2 Å². The van der Waals surface area contributed by atoms with Gasteiger partial charge in [-0.3, -0.25) is 9.59 Å². The van der Waals surface area contributed by atoms with Crippen molar-refractivity contribution < 1.29 is 9.59 Å². The first-order valence-electron chi connectivity index (χ1n) is 4.39. The molecule has 0 unspecified atom stereocenters. The largest absolute Gasteiger partial charge is 0.340 e. The van der Waals surface area contributed by atoms with Gasteiger partial charge < -0.3 is 5.32 Å². The minimum absolute atomic E-state index is 0.130. The number of ketones is 1. The zero-order chi connectivity index (χ0) is 9.84. The molecule has 1 saturated carbocycles. The van der Waals surface area contributed by atoms with E-state index in [0.717, 1.165) is 0 Å². The van der Waals surface area contributed by atoms with Gasteiger partial charge in [0, 0.05) is 12.8 Å². The summed E-state index contributed by atoms with van der Waals surface area (Å²) >= 11 is 0. The normalized spacial score (nSPS) is 18.6. The molecule has 1 atom stereocenters. The second-order valence-electron chi connectivity index (χ2n) is 3.24. The van der Waals surface area contributed by atoms with Crippen LogP contribution >= 0.6 is 0 Å². The summed E-state index contributed by atoms with van der Waals surface area (Å²) in [6.45, 7) is 1.83. The van der Waals surface area contributed by atoms with Crippen molar-refractivity contribution in [3.05, 3.63) is 0 Å². The number of hydrogen-bond donors (Lipinski definition) is 1. The Morgan fingerprint density at radius 1 is 1.77 bits per heavy atom. The minimum Gasteiger partial charge on any atom is -0.340 e. The maximum Gasteiger partial charge on any atom is 0.225 e. The van der Waals surface area contributed by atoms with E-state index in [1.165, 1.54) is 0 Å². The van der Waals surface area contributed by atoms with Gasteiger partial charge in [0.2, 0.25) is 5.91 Å². The number of rotatable bonds is 3.